The first kappa shape index (κ1) is 11.3. The first-order valence-electron chi connectivity index (χ1n) is 4.70. The van der Waals surface area contributed by atoms with Gasteiger partial charge >= 0.3 is 0 Å². The van der Waals surface area contributed by atoms with Gasteiger partial charge in [-0.05, 0) is 23.8 Å². The quantitative estimate of drug-likeness (QED) is 0.771. The van der Waals surface area contributed by atoms with Crippen molar-refractivity contribution in [1.82, 2.24) is 0 Å². The van der Waals surface area contributed by atoms with Crippen LogP contribution in [0.2, 0.25) is 5.02 Å². The number of thioether (sulfide) groups is 1. The van der Waals surface area contributed by atoms with Gasteiger partial charge in [0, 0.05) is 28.0 Å². The molecule has 0 amide bonds. The van der Waals surface area contributed by atoms with Gasteiger partial charge in [-0.25, -0.2) is 0 Å². The van der Waals surface area contributed by atoms with Crippen LogP contribution in [-0.2, 0) is 4.79 Å². The summed E-state index contributed by atoms with van der Waals surface area (Å²) < 4.78 is 0. The van der Waals surface area contributed by atoms with Gasteiger partial charge in [0.25, 0.3) is 0 Å². The number of ketones is 1. The summed E-state index contributed by atoms with van der Waals surface area (Å²) in [5, 5.41) is 0.736. The van der Waals surface area contributed by atoms with Crippen molar-refractivity contribution in [3.05, 3.63) is 28.8 Å². The van der Waals surface area contributed by atoms with Crippen LogP contribution < -0.4 is 0 Å². The SMILES string of the molecule is O=C(CCl)CC1CSc2ccc(Cl)cc21. The van der Waals surface area contributed by atoms with E-state index in [1.807, 2.05) is 18.2 Å². The smallest absolute Gasteiger partial charge is 0.148 e. The zero-order valence-electron chi connectivity index (χ0n) is 8.00. The van der Waals surface area contributed by atoms with Crippen LogP contribution in [0.4, 0.5) is 0 Å². The van der Waals surface area contributed by atoms with Gasteiger partial charge in [-0.2, -0.15) is 0 Å². The topological polar surface area (TPSA) is 17.1 Å². The largest absolute Gasteiger partial charge is 0.298 e. The highest BCUT2D eigenvalue weighted by Crippen LogP contribution is 2.42. The maximum atomic E-state index is 11.3. The Morgan fingerprint density at radius 2 is 2.33 bits per heavy atom. The van der Waals surface area contributed by atoms with Crippen LogP contribution in [0.25, 0.3) is 0 Å². The lowest BCUT2D eigenvalue weighted by molar-refractivity contribution is -0.117. The minimum absolute atomic E-state index is 0.107. The second kappa shape index (κ2) is 4.77. The highest BCUT2D eigenvalue weighted by Gasteiger charge is 2.25. The third-order valence-corrected chi connectivity index (χ3v) is 4.26. The number of Topliss-reactive ketones (excluding diaryl/α,β-unsaturated/α-hetero) is 1. The number of carbonyl (C=O) groups is 1. The van der Waals surface area contributed by atoms with E-state index in [-0.39, 0.29) is 17.6 Å². The van der Waals surface area contributed by atoms with Gasteiger partial charge in [0.15, 0.2) is 0 Å². The molecule has 1 aromatic rings. The molecular weight excluding hydrogens is 251 g/mol. The number of hydrogen-bond donors (Lipinski definition) is 0. The van der Waals surface area contributed by atoms with Gasteiger partial charge in [0.05, 0.1) is 5.88 Å². The van der Waals surface area contributed by atoms with Crippen LogP contribution in [0.1, 0.15) is 17.9 Å². The average Bonchev–Trinajstić information content (AvgIpc) is 2.61. The van der Waals surface area contributed by atoms with E-state index in [1.165, 1.54) is 10.5 Å². The van der Waals surface area contributed by atoms with Crippen LogP contribution in [0.5, 0.6) is 0 Å². The molecule has 0 saturated heterocycles. The lowest BCUT2D eigenvalue weighted by Gasteiger charge is -2.08. The van der Waals surface area contributed by atoms with Gasteiger partial charge < -0.3 is 0 Å². The summed E-state index contributed by atoms with van der Waals surface area (Å²) in [4.78, 5) is 12.5. The lowest BCUT2D eigenvalue weighted by Crippen LogP contribution is -2.07. The van der Waals surface area contributed by atoms with E-state index in [2.05, 4.69) is 0 Å². The number of fused-ring (bicyclic) bond motifs is 1. The maximum absolute atomic E-state index is 11.3. The minimum atomic E-state index is 0.107. The third-order valence-electron chi connectivity index (χ3n) is 2.47. The molecule has 1 aliphatic rings. The van der Waals surface area contributed by atoms with Crippen LogP contribution in [0, 0.1) is 0 Å². The predicted octanol–water partition coefficient (Wildman–Crippen LogP) is 3.73. The molecule has 1 heterocycles. The number of rotatable bonds is 3. The standard InChI is InChI=1S/C11H10Cl2OS/c12-5-9(14)3-7-6-15-11-2-1-8(13)4-10(7)11/h1-2,4,7H,3,5-6H2. The van der Waals surface area contributed by atoms with Crippen molar-refractivity contribution in [2.24, 2.45) is 0 Å². The van der Waals surface area contributed by atoms with E-state index in [1.54, 1.807) is 11.8 Å². The number of benzene rings is 1. The molecular formula is C11H10Cl2OS. The van der Waals surface area contributed by atoms with Crippen LogP contribution in [0.15, 0.2) is 23.1 Å². The van der Waals surface area contributed by atoms with E-state index in [4.69, 9.17) is 23.2 Å². The summed E-state index contributed by atoms with van der Waals surface area (Å²) in [5.41, 5.74) is 1.20. The Kier molecular flexibility index (Phi) is 3.60. The highest BCUT2D eigenvalue weighted by atomic mass is 35.5. The molecule has 0 bridgehead atoms. The van der Waals surface area contributed by atoms with Crippen LogP contribution in [-0.4, -0.2) is 17.4 Å². The number of carbonyl (C=O) groups excluding carboxylic acids is 1. The Bertz CT molecular complexity index is 392. The van der Waals surface area contributed by atoms with Gasteiger partial charge in [0.2, 0.25) is 0 Å². The fraction of sp³-hybridized carbons (Fsp3) is 0.364. The van der Waals surface area contributed by atoms with Gasteiger partial charge in [-0.15, -0.1) is 23.4 Å². The van der Waals surface area contributed by atoms with Crippen LogP contribution >= 0.6 is 35.0 Å². The molecule has 0 N–H and O–H groups in total. The molecule has 2 rings (SSSR count). The van der Waals surface area contributed by atoms with Crippen molar-refractivity contribution < 1.29 is 4.79 Å². The molecule has 1 aromatic carbocycles. The first-order valence-corrected chi connectivity index (χ1v) is 6.60. The Hall–Kier alpha value is -0.180. The molecule has 1 unspecified atom stereocenters. The molecule has 1 aliphatic heterocycles. The molecule has 1 atom stereocenters. The summed E-state index contributed by atoms with van der Waals surface area (Å²) in [6.45, 7) is 0. The van der Waals surface area contributed by atoms with Gasteiger partial charge in [0.1, 0.15) is 5.78 Å². The first-order chi connectivity index (χ1) is 7.20. The Balaban J connectivity index is 2.20. The predicted molar refractivity (Wildman–Crippen MR) is 65.3 cm³/mol. The summed E-state index contributed by atoms with van der Waals surface area (Å²) in [5.74, 6) is 1.46. The molecule has 0 aliphatic carbocycles. The molecule has 0 aromatic heterocycles. The molecule has 80 valence electrons. The maximum Gasteiger partial charge on any atom is 0.148 e. The number of hydrogen-bond acceptors (Lipinski definition) is 2. The zero-order chi connectivity index (χ0) is 10.8. The monoisotopic (exact) mass is 260 g/mol. The highest BCUT2D eigenvalue weighted by molar-refractivity contribution is 7.99. The average molecular weight is 261 g/mol. The summed E-state index contributed by atoms with van der Waals surface area (Å²) >= 11 is 13.2. The summed E-state index contributed by atoms with van der Waals surface area (Å²) in [6.07, 6.45) is 0.532. The van der Waals surface area contributed by atoms with Crippen molar-refractivity contribution in [1.29, 1.82) is 0 Å². The molecule has 1 nitrogen and oxygen atoms in total. The zero-order valence-corrected chi connectivity index (χ0v) is 10.3. The normalized spacial score (nSPS) is 18.9. The minimum Gasteiger partial charge on any atom is -0.298 e. The Morgan fingerprint density at radius 1 is 1.53 bits per heavy atom. The lowest BCUT2D eigenvalue weighted by atomic mass is 9.96. The van der Waals surface area contributed by atoms with Gasteiger partial charge in [-0.3, -0.25) is 4.79 Å². The van der Waals surface area contributed by atoms with E-state index < -0.39 is 0 Å². The van der Waals surface area contributed by atoms with Crippen molar-refractivity contribution in [2.75, 3.05) is 11.6 Å². The molecule has 0 fully saturated rings. The Morgan fingerprint density at radius 3 is 3.07 bits per heavy atom. The third kappa shape index (κ3) is 2.49. The Labute approximate surface area is 103 Å². The molecule has 0 radical (unpaired) electrons. The molecule has 4 heteroatoms. The fourth-order valence-corrected chi connectivity index (χ4v) is 3.27. The fourth-order valence-electron chi connectivity index (χ4n) is 1.75. The molecule has 0 saturated carbocycles. The van der Waals surface area contributed by atoms with Gasteiger partial charge in [-0.1, -0.05) is 11.6 Å². The van der Waals surface area contributed by atoms with E-state index >= 15 is 0 Å². The molecule has 15 heavy (non-hydrogen) atoms. The van der Waals surface area contributed by atoms with E-state index in [0.29, 0.717) is 6.42 Å². The second-order valence-electron chi connectivity index (χ2n) is 3.57. The van der Waals surface area contributed by atoms with Crippen molar-refractivity contribution in [3.63, 3.8) is 0 Å². The number of alkyl halides is 1. The van der Waals surface area contributed by atoms with E-state index in [0.717, 1.165) is 10.8 Å². The van der Waals surface area contributed by atoms with Crippen molar-refractivity contribution in [2.45, 2.75) is 17.2 Å². The summed E-state index contributed by atoms with van der Waals surface area (Å²) in [6, 6.07) is 5.87. The molecule has 0 spiro atoms. The number of halogens is 2. The van der Waals surface area contributed by atoms with Crippen molar-refractivity contribution in [3.8, 4) is 0 Å². The second-order valence-corrected chi connectivity index (χ2v) is 5.33. The van der Waals surface area contributed by atoms with E-state index in [9.17, 15) is 4.79 Å². The van der Waals surface area contributed by atoms with Crippen molar-refractivity contribution >= 4 is 40.7 Å². The summed E-state index contributed by atoms with van der Waals surface area (Å²) in [7, 11) is 0. The van der Waals surface area contributed by atoms with Crippen LogP contribution in [0.3, 0.4) is 0 Å².